The molecule has 4 aliphatic carbocycles. The van der Waals surface area contributed by atoms with Gasteiger partial charge >= 0.3 is 24.1 Å². The number of hydrogen-bond donors (Lipinski definition) is 3. The van der Waals surface area contributed by atoms with Gasteiger partial charge in [0.1, 0.15) is 12.1 Å². The van der Waals surface area contributed by atoms with Crippen LogP contribution in [0.15, 0.2) is 36.9 Å². The summed E-state index contributed by atoms with van der Waals surface area (Å²) in [4.78, 5) is 49.4. The first kappa shape index (κ1) is 40.5. The molecule has 8 rings (SSSR count). The first-order chi connectivity index (χ1) is 28.5. The van der Waals surface area contributed by atoms with Gasteiger partial charge in [-0.05, 0) is 135 Å². The number of aryl methyl sites for hydroxylation is 4. The van der Waals surface area contributed by atoms with Crippen LogP contribution in [0.25, 0.3) is 0 Å². The number of nitriles is 2. The Balaban J connectivity index is 0.000000180. The third-order valence-electron chi connectivity index (χ3n) is 11.0. The highest BCUT2D eigenvalue weighted by molar-refractivity contribution is 5.91. The Hall–Kier alpha value is -6.68. The fraction of sp³-hybridized carbons (Fsp3) is 0.442. The third kappa shape index (κ3) is 9.39. The number of carbonyl (C=O) groups excluding carboxylic acids is 3. The Labute approximate surface area is 341 Å². The van der Waals surface area contributed by atoms with E-state index < -0.39 is 36.3 Å². The maximum atomic E-state index is 12.8. The summed E-state index contributed by atoms with van der Waals surface area (Å²) in [7, 11) is 0. The van der Waals surface area contributed by atoms with Crippen molar-refractivity contribution in [3.8, 4) is 12.1 Å². The molecule has 0 aliphatic heterocycles. The van der Waals surface area contributed by atoms with Crippen molar-refractivity contribution in [1.29, 1.82) is 10.5 Å². The standard InChI is InChI=1S/C23H26N4O4.C20H20N4O4/c1-14(2)30-22(28)20(13-27-12-15(10-24)11-25-27)31-23(29)26-21-18-7-3-5-16(18)9-17-6-4-8-19(17)21;21-8-12-9-22-24(10-12)11-17(19(25)26)28-20(27)23-18-15-5-1-3-13(15)7-14-4-2-6-16(14)18/h9,11-12,14,20H,3-8,13H2,1-2H3,(H,26,29);7,9-10,17H,1-6,11H2,(H,23,27)(H,25,26)/t20-;17-/m11/s1. The van der Waals surface area contributed by atoms with Crippen LogP contribution >= 0.6 is 0 Å². The van der Waals surface area contributed by atoms with E-state index in [9.17, 15) is 24.3 Å². The molecule has 16 nitrogen and oxygen atoms in total. The van der Waals surface area contributed by atoms with Gasteiger partial charge in [0.05, 0.1) is 54.1 Å². The first-order valence-electron chi connectivity index (χ1n) is 20.1. The molecular formula is C43H46N8O8. The topological polar surface area (TPSA) is 223 Å². The molecule has 0 unspecified atom stereocenters. The summed E-state index contributed by atoms with van der Waals surface area (Å²) in [6, 6.07) is 8.45. The van der Waals surface area contributed by atoms with Crippen LogP contribution < -0.4 is 10.6 Å². The smallest absolute Gasteiger partial charge is 0.412 e. The predicted octanol–water partition coefficient (Wildman–Crippen LogP) is 5.74. The Morgan fingerprint density at radius 2 is 1.05 bits per heavy atom. The van der Waals surface area contributed by atoms with Crippen LogP contribution in [-0.4, -0.2) is 67.1 Å². The number of aliphatic carboxylic acids is 1. The second kappa shape index (κ2) is 17.9. The number of carbonyl (C=O) groups is 4. The van der Waals surface area contributed by atoms with Crippen molar-refractivity contribution in [1.82, 2.24) is 19.6 Å². The van der Waals surface area contributed by atoms with Crippen molar-refractivity contribution < 1.29 is 38.5 Å². The van der Waals surface area contributed by atoms with Crippen LogP contribution in [0.4, 0.5) is 21.0 Å². The van der Waals surface area contributed by atoms with Crippen LogP contribution in [0.3, 0.4) is 0 Å². The summed E-state index contributed by atoms with van der Waals surface area (Å²) >= 11 is 0. The highest BCUT2D eigenvalue weighted by atomic mass is 16.6. The number of carboxylic acids is 1. The number of carboxylic acid groups (broad SMARTS) is 1. The van der Waals surface area contributed by atoms with Crippen molar-refractivity contribution in [3.05, 3.63) is 92.6 Å². The zero-order valence-electron chi connectivity index (χ0n) is 33.1. The van der Waals surface area contributed by atoms with Gasteiger partial charge in [0.25, 0.3) is 0 Å². The van der Waals surface area contributed by atoms with E-state index in [1.54, 1.807) is 13.8 Å². The Morgan fingerprint density at radius 1 is 0.661 bits per heavy atom. The molecule has 0 spiro atoms. The van der Waals surface area contributed by atoms with E-state index in [-0.39, 0.29) is 19.2 Å². The number of hydrogen-bond acceptors (Lipinski definition) is 11. The molecule has 4 aromatic rings. The molecule has 2 atom stereocenters. The molecule has 2 amide bonds. The Kier molecular flexibility index (Phi) is 12.3. The largest absolute Gasteiger partial charge is 0.478 e. The molecule has 0 radical (unpaired) electrons. The minimum Gasteiger partial charge on any atom is -0.478 e. The summed E-state index contributed by atoms with van der Waals surface area (Å²) in [6.45, 7) is 3.25. The zero-order chi connectivity index (χ0) is 41.6. The van der Waals surface area contributed by atoms with Gasteiger partial charge in [-0.2, -0.15) is 20.7 Å². The molecule has 59 heavy (non-hydrogen) atoms. The van der Waals surface area contributed by atoms with E-state index in [0.717, 1.165) is 99.6 Å². The lowest BCUT2D eigenvalue weighted by Gasteiger charge is -2.20. The number of esters is 1. The highest BCUT2D eigenvalue weighted by Gasteiger charge is 2.31. The lowest BCUT2D eigenvalue weighted by molar-refractivity contribution is -0.158. The van der Waals surface area contributed by atoms with Crippen molar-refractivity contribution >= 4 is 35.5 Å². The maximum absolute atomic E-state index is 12.8. The van der Waals surface area contributed by atoms with Gasteiger partial charge in [-0.15, -0.1) is 0 Å². The van der Waals surface area contributed by atoms with Gasteiger partial charge in [0, 0.05) is 12.4 Å². The fourth-order valence-corrected chi connectivity index (χ4v) is 8.47. The number of benzene rings is 2. The van der Waals surface area contributed by atoms with E-state index in [4.69, 9.17) is 24.7 Å². The second-order valence-electron chi connectivity index (χ2n) is 15.5. The van der Waals surface area contributed by atoms with E-state index in [1.807, 2.05) is 12.1 Å². The van der Waals surface area contributed by atoms with Crippen molar-refractivity contribution in [2.75, 3.05) is 10.6 Å². The average molecular weight is 803 g/mol. The van der Waals surface area contributed by atoms with Crippen LogP contribution in [0.2, 0.25) is 0 Å². The number of nitrogens with zero attached hydrogens (tertiary/aromatic N) is 6. The van der Waals surface area contributed by atoms with Crippen LogP contribution in [0, 0.1) is 22.7 Å². The Morgan fingerprint density at radius 3 is 1.41 bits per heavy atom. The van der Waals surface area contributed by atoms with Crippen LogP contribution in [-0.2, 0) is 88.3 Å². The van der Waals surface area contributed by atoms with Gasteiger partial charge < -0.3 is 19.3 Å². The molecular weight excluding hydrogens is 757 g/mol. The van der Waals surface area contributed by atoms with Gasteiger partial charge in [-0.25, -0.2) is 19.2 Å². The van der Waals surface area contributed by atoms with Gasteiger partial charge in [-0.3, -0.25) is 20.0 Å². The number of amides is 2. The number of anilines is 2. The summed E-state index contributed by atoms with van der Waals surface area (Å²) in [5.74, 6) is -1.92. The summed E-state index contributed by atoms with van der Waals surface area (Å²) in [5, 5.41) is 41.0. The normalized spacial score (nSPS) is 15.3. The zero-order valence-corrected chi connectivity index (χ0v) is 33.1. The lowest BCUT2D eigenvalue weighted by atomic mass is 9.99. The molecule has 2 aromatic heterocycles. The molecule has 0 bridgehead atoms. The molecule has 0 fully saturated rings. The molecule has 0 saturated carbocycles. The molecule has 4 aliphatic rings. The van der Waals surface area contributed by atoms with Crippen LogP contribution in [0.1, 0.15) is 95.2 Å². The monoisotopic (exact) mass is 802 g/mol. The number of rotatable bonds is 11. The minimum atomic E-state index is -1.41. The van der Waals surface area contributed by atoms with Crippen molar-refractivity contribution in [3.63, 3.8) is 0 Å². The van der Waals surface area contributed by atoms with E-state index >= 15 is 0 Å². The molecule has 2 heterocycles. The third-order valence-corrected chi connectivity index (χ3v) is 11.0. The minimum absolute atomic E-state index is 0.0361. The highest BCUT2D eigenvalue weighted by Crippen LogP contribution is 2.40. The quantitative estimate of drug-likeness (QED) is 0.122. The van der Waals surface area contributed by atoms with Crippen molar-refractivity contribution in [2.24, 2.45) is 0 Å². The van der Waals surface area contributed by atoms with Gasteiger partial charge in [0.2, 0.25) is 12.2 Å². The molecule has 306 valence electrons. The summed E-state index contributed by atoms with van der Waals surface area (Å²) in [6.07, 6.45) is 13.2. The Bertz CT molecular complexity index is 2300. The molecule has 3 N–H and O–H groups in total. The van der Waals surface area contributed by atoms with Gasteiger partial charge in [-0.1, -0.05) is 12.1 Å². The average Bonchev–Trinajstić information content (AvgIpc) is 4.06. The summed E-state index contributed by atoms with van der Waals surface area (Å²) < 4.78 is 18.6. The number of nitrogens with one attached hydrogen (secondary N) is 2. The molecule has 0 saturated heterocycles. The van der Waals surface area contributed by atoms with E-state index in [1.165, 1.54) is 67.5 Å². The SMILES string of the molecule is CC(C)OC(=O)[C@@H](Cn1cc(C#N)cn1)OC(=O)Nc1c2c(cc3c1CCC3)CCC2.N#Cc1cnn(C[C@@H](OC(=O)Nc2c3c(cc4c2CCC4)CCC3)C(=O)O)c1. The van der Waals surface area contributed by atoms with E-state index in [0.29, 0.717) is 11.1 Å². The van der Waals surface area contributed by atoms with Crippen molar-refractivity contribution in [2.45, 2.75) is 122 Å². The number of aromatic nitrogens is 4. The maximum Gasteiger partial charge on any atom is 0.412 e. The van der Waals surface area contributed by atoms with E-state index in [2.05, 4.69) is 33.0 Å². The number of ether oxygens (including phenoxy) is 3. The number of fused-ring (bicyclic) bond motifs is 4. The molecule has 2 aromatic carbocycles. The summed E-state index contributed by atoms with van der Waals surface area (Å²) in [5.41, 5.74) is 12.1. The first-order valence-corrected chi connectivity index (χ1v) is 20.1. The van der Waals surface area contributed by atoms with Gasteiger partial charge in [0.15, 0.2) is 0 Å². The van der Waals surface area contributed by atoms with Crippen LogP contribution in [0.5, 0.6) is 0 Å². The predicted molar refractivity (Wildman–Crippen MR) is 212 cm³/mol. The second-order valence-corrected chi connectivity index (χ2v) is 15.5. The molecule has 16 heteroatoms. The fourth-order valence-electron chi connectivity index (χ4n) is 8.47. The lowest BCUT2D eigenvalue weighted by Crippen LogP contribution is -2.36.